The molecule has 0 fully saturated rings. The number of methoxy groups -OCH3 is 2. The number of rotatable bonds is 9. The summed E-state index contributed by atoms with van der Waals surface area (Å²) in [7, 11) is 3.19. The number of nitrogens with one attached hydrogen (secondary N) is 3. The second-order valence-electron chi connectivity index (χ2n) is 5.91. The molecule has 5 N–H and O–H groups in total. The van der Waals surface area contributed by atoms with Gasteiger partial charge in [0.05, 0.1) is 20.5 Å². The fourth-order valence-electron chi connectivity index (χ4n) is 2.58. The fourth-order valence-corrected chi connectivity index (χ4v) is 2.58. The summed E-state index contributed by atoms with van der Waals surface area (Å²) in [5, 5.41) is 3.16. The Balaban J connectivity index is 1.57. The highest BCUT2D eigenvalue weighted by Crippen LogP contribution is 2.28. The summed E-state index contributed by atoms with van der Waals surface area (Å²) in [5.74, 6) is 1.79. The summed E-state index contributed by atoms with van der Waals surface area (Å²) < 4.78 is 15.6. The Morgan fingerprint density at radius 3 is 2.66 bits per heavy atom. The van der Waals surface area contributed by atoms with Crippen molar-refractivity contribution in [1.82, 2.24) is 15.4 Å². The number of ether oxygens (including phenoxy) is 2. The number of nitrogens with two attached hydrogens (primary N) is 1. The summed E-state index contributed by atoms with van der Waals surface area (Å²) in [6, 6.07) is 8.90. The second kappa shape index (κ2) is 9.31. The van der Waals surface area contributed by atoms with Crippen LogP contribution in [0, 0.1) is 0 Å². The lowest BCUT2D eigenvalue weighted by atomic mass is 10.1. The molecule has 0 saturated heterocycles. The van der Waals surface area contributed by atoms with Crippen LogP contribution in [0.3, 0.4) is 0 Å². The average Bonchev–Trinajstić information content (AvgIpc) is 3.28. The van der Waals surface area contributed by atoms with Crippen molar-refractivity contribution in [2.24, 2.45) is 0 Å². The van der Waals surface area contributed by atoms with Gasteiger partial charge in [-0.25, -0.2) is 9.97 Å². The van der Waals surface area contributed by atoms with E-state index in [0.717, 1.165) is 5.56 Å². The quantitative estimate of drug-likeness (QED) is 0.399. The van der Waals surface area contributed by atoms with Crippen LogP contribution < -0.4 is 31.4 Å². The van der Waals surface area contributed by atoms with Crippen molar-refractivity contribution >= 4 is 23.2 Å². The van der Waals surface area contributed by atoms with Crippen LogP contribution in [0.5, 0.6) is 11.5 Å². The van der Waals surface area contributed by atoms with Crippen molar-refractivity contribution in [1.29, 1.82) is 0 Å². The van der Waals surface area contributed by atoms with Crippen molar-refractivity contribution in [2.75, 3.05) is 37.2 Å². The Hall–Kier alpha value is -3.95. The van der Waals surface area contributed by atoms with E-state index >= 15 is 0 Å². The normalized spacial score (nSPS) is 10.3. The highest BCUT2D eigenvalue weighted by molar-refractivity contribution is 5.92. The lowest BCUT2D eigenvalue weighted by Gasteiger charge is -2.13. The molecule has 0 unspecified atom stereocenters. The zero-order valence-electron chi connectivity index (χ0n) is 16.1. The van der Waals surface area contributed by atoms with Crippen LogP contribution in [-0.4, -0.2) is 36.6 Å². The van der Waals surface area contributed by atoms with Crippen molar-refractivity contribution in [3.63, 3.8) is 0 Å². The van der Waals surface area contributed by atoms with Crippen LogP contribution in [-0.2, 0) is 6.42 Å². The molecule has 1 aromatic carbocycles. The molecule has 152 valence electrons. The molecule has 10 nitrogen and oxygen atoms in total. The first-order chi connectivity index (χ1) is 14.1. The van der Waals surface area contributed by atoms with E-state index < -0.39 is 5.91 Å². The third-order valence-corrected chi connectivity index (χ3v) is 4.08. The van der Waals surface area contributed by atoms with Gasteiger partial charge in [0.15, 0.2) is 28.9 Å². The number of carbonyl (C=O) groups is 1. The number of carbonyl (C=O) groups excluding carboxylic acids is 1. The lowest BCUT2D eigenvalue weighted by Crippen LogP contribution is -2.30. The first-order valence-corrected chi connectivity index (χ1v) is 8.77. The van der Waals surface area contributed by atoms with Gasteiger partial charge in [-0.05, 0) is 36.2 Å². The van der Waals surface area contributed by atoms with Crippen LogP contribution >= 0.6 is 0 Å². The molecular formula is C19H22N6O4. The number of nitrogen functional groups attached to an aromatic ring is 1. The topological polar surface area (TPSA) is 137 Å². The van der Waals surface area contributed by atoms with E-state index in [9.17, 15) is 4.79 Å². The van der Waals surface area contributed by atoms with Gasteiger partial charge in [0.1, 0.15) is 12.0 Å². The highest BCUT2D eigenvalue weighted by Gasteiger charge is 2.12. The van der Waals surface area contributed by atoms with Crippen LogP contribution in [0.25, 0.3) is 0 Å². The molecule has 3 aromatic rings. The van der Waals surface area contributed by atoms with Crippen LogP contribution in [0.4, 0.5) is 17.3 Å². The largest absolute Gasteiger partial charge is 0.493 e. The number of hydrazine groups is 1. The zero-order valence-corrected chi connectivity index (χ0v) is 16.1. The first kappa shape index (κ1) is 19.8. The molecule has 3 rings (SSSR count). The Morgan fingerprint density at radius 2 is 1.93 bits per heavy atom. The molecule has 0 bridgehead atoms. The molecule has 0 aliphatic heterocycles. The standard InChI is InChI=1S/C19H22N6O4/c1-27-13-6-5-12(10-15(13)28-2)7-8-21-17-16(20)18(23-11-22-17)24-25-19(26)14-4-3-9-29-14/h3-6,9-11H,7-8,20H2,1-2H3,(H,25,26)(H2,21,22,23,24). The van der Waals surface area contributed by atoms with E-state index in [1.54, 1.807) is 26.4 Å². The minimum atomic E-state index is -0.448. The number of hydrogen-bond acceptors (Lipinski definition) is 9. The molecule has 10 heteroatoms. The average molecular weight is 398 g/mol. The van der Waals surface area contributed by atoms with Gasteiger partial charge in [-0.1, -0.05) is 6.07 Å². The fraction of sp³-hybridized carbons (Fsp3) is 0.211. The lowest BCUT2D eigenvalue weighted by molar-refractivity contribution is 0.0935. The minimum absolute atomic E-state index is 0.165. The first-order valence-electron chi connectivity index (χ1n) is 8.77. The molecule has 0 radical (unpaired) electrons. The summed E-state index contributed by atoms with van der Waals surface area (Å²) in [6.45, 7) is 0.578. The molecule has 0 spiro atoms. The van der Waals surface area contributed by atoms with Crippen molar-refractivity contribution in [3.05, 3.63) is 54.2 Å². The SMILES string of the molecule is COc1ccc(CCNc2ncnc(NNC(=O)c3ccco3)c2N)cc1OC. The van der Waals surface area contributed by atoms with E-state index in [2.05, 4.69) is 26.1 Å². The minimum Gasteiger partial charge on any atom is -0.493 e. The molecule has 0 aliphatic rings. The van der Waals surface area contributed by atoms with E-state index in [1.165, 1.54) is 12.6 Å². The van der Waals surface area contributed by atoms with Crippen LogP contribution in [0.15, 0.2) is 47.3 Å². The number of aromatic nitrogens is 2. The van der Waals surface area contributed by atoms with Crippen molar-refractivity contribution < 1.29 is 18.7 Å². The highest BCUT2D eigenvalue weighted by atomic mass is 16.5. The van der Waals surface area contributed by atoms with Gasteiger partial charge in [-0.3, -0.25) is 15.6 Å². The molecular weight excluding hydrogens is 376 g/mol. The summed E-state index contributed by atoms with van der Waals surface area (Å²) >= 11 is 0. The molecule has 2 heterocycles. The van der Waals surface area contributed by atoms with E-state index in [0.29, 0.717) is 30.3 Å². The van der Waals surface area contributed by atoms with E-state index in [4.69, 9.17) is 19.6 Å². The Labute approximate surface area is 167 Å². The van der Waals surface area contributed by atoms with Crippen LogP contribution in [0.2, 0.25) is 0 Å². The van der Waals surface area contributed by atoms with Gasteiger partial charge < -0.3 is 24.9 Å². The smallest absolute Gasteiger partial charge is 0.305 e. The number of nitrogens with zero attached hydrogens (tertiary/aromatic N) is 2. The van der Waals surface area contributed by atoms with Gasteiger partial charge in [0.25, 0.3) is 0 Å². The zero-order chi connectivity index (χ0) is 20.6. The number of furan rings is 1. The molecule has 0 atom stereocenters. The Bertz CT molecular complexity index is 961. The summed E-state index contributed by atoms with van der Waals surface area (Å²) in [5.41, 5.74) is 12.6. The molecule has 29 heavy (non-hydrogen) atoms. The summed E-state index contributed by atoms with van der Waals surface area (Å²) in [6.07, 6.45) is 3.46. The van der Waals surface area contributed by atoms with Crippen LogP contribution in [0.1, 0.15) is 16.1 Å². The molecule has 2 aromatic heterocycles. The second-order valence-corrected chi connectivity index (χ2v) is 5.91. The molecule has 0 aliphatic carbocycles. The van der Waals surface area contributed by atoms with E-state index in [1.807, 2.05) is 18.2 Å². The monoisotopic (exact) mass is 398 g/mol. The maximum atomic E-state index is 11.9. The van der Waals surface area contributed by atoms with Gasteiger partial charge in [0, 0.05) is 6.54 Å². The molecule has 0 saturated carbocycles. The molecule has 1 amide bonds. The van der Waals surface area contributed by atoms with E-state index in [-0.39, 0.29) is 17.3 Å². The van der Waals surface area contributed by atoms with Crippen molar-refractivity contribution in [3.8, 4) is 11.5 Å². The van der Waals surface area contributed by atoms with Crippen molar-refractivity contribution in [2.45, 2.75) is 6.42 Å². The Kier molecular flexibility index (Phi) is 6.36. The third kappa shape index (κ3) is 4.86. The predicted molar refractivity (Wildman–Crippen MR) is 108 cm³/mol. The number of hydrogen-bond donors (Lipinski definition) is 4. The Morgan fingerprint density at radius 1 is 1.14 bits per heavy atom. The summed E-state index contributed by atoms with van der Waals surface area (Å²) in [4.78, 5) is 20.1. The number of anilines is 3. The number of amides is 1. The number of benzene rings is 1. The third-order valence-electron chi connectivity index (χ3n) is 4.08. The maximum Gasteiger partial charge on any atom is 0.305 e. The predicted octanol–water partition coefficient (Wildman–Crippen LogP) is 2.08. The van der Waals surface area contributed by atoms with Gasteiger partial charge in [0.2, 0.25) is 0 Å². The van der Waals surface area contributed by atoms with Gasteiger partial charge in [-0.2, -0.15) is 0 Å². The maximum absolute atomic E-state index is 11.9. The van der Waals surface area contributed by atoms with Gasteiger partial charge in [-0.15, -0.1) is 0 Å². The van der Waals surface area contributed by atoms with Gasteiger partial charge >= 0.3 is 5.91 Å².